The Bertz CT molecular complexity index is 1300. The fourth-order valence-electron chi connectivity index (χ4n) is 4.26. The van der Waals surface area contributed by atoms with Crippen molar-refractivity contribution in [2.45, 2.75) is 51.9 Å². The number of rotatable bonds is 4. The van der Waals surface area contributed by atoms with E-state index in [-0.39, 0.29) is 52.1 Å². The van der Waals surface area contributed by atoms with Crippen LogP contribution in [-0.2, 0) is 6.42 Å². The molecule has 4 rings (SSSR count). The first-order valence-corrected chi connectivity index (χ1v) is 10.5. The summed E-state index contributed by atoms with van der Waals surface area (Å²) in [7, 11) is 0. The highest BCUT2D eigenvalue weighted by atomic mass is 16.5. The fraction of sp³-hybridized carbons (Fsp3) is 0.400. The molecule has 0 fully saturated rings. The molecule has 0 bridgehead atoms. The maximum Gasteiger partial charge on any atom is 0.204 e. The molecular weight excluding hydrogens is 428 g/mol. The normalized spacial score (nSPS) is 19.0. The minimum absolute atomic E-state index is 0. The molecule has 1 aromatic heterocycles. The molecular formula is C25H30O8. The van der Waals surface area contributed by atoms with E-state index in [9.17, 15) is 25.2 Å². The van der Waals surface area contributed by atoms with Crippen molar-refractivity contribution < 1.29 is 35.1 Å². The highest BCUT2D eigenvalue weighted by Gasteiger charge is 2.35. The molecule has 0 saturated carbocycles. The minimum atomic E-state index is -1.37. The number of aliphatic hydroxyl groups excluding tert-OH is 2. The fourth-order valence-corrected chi connectivity index (χ4v) is 4.26. The van der Waals surface area contributed by atoms with E-state index in [0.717, 1.165) is 5.57 Å². The summed E-state index contributed by atoms with van der Waals surface area (Å²) in [6.07, 6.45) is -2.11. The van der Waals surface area contributed by atoms with Gasteiger partial charge in [0.05, 0.1) is 29.8 Å². The third kappa shape index (κ3) is 4.00. The molecule has 178 valence electrons. The van der Waals surface area contributed by atoms with E-state index in [1.54, 1.807) is 26.0 Å². The molecule has 0 radical (unpaired) electrons. The molecule has 33 heavy (non-hydrogen) atoms. The van der Waals surface area contributed by atoms with Crippen LogP contribution >= 0.6 is 0 Å². The lowest BCUT2D eigenvalue weighted by Crippen LogP contribution is -2.37. The minimum Gasteiger partial charge on any atom is -0.507 e. The molecule has 0 spiro atoms. The number of hydrogen-bond acceptors (Lipinski definition) is 7. The van der Waals surface area contributed by atoms with Crippen LogP contribution in [0.5, 0.6) is 11.5 Å². The monoisotopic (exact) mass is 458 g/mol. The number of hydrogen-bond donors (Lipinski definition) is 4. The molecule has 1 aliphatic heterocycles. The average Bonchev–Trinajstić information content (AvgIpc) is 2.69. The summed E-state index contributed by atoms with van der Waals surface area (Å²) in [6.45, 7) is 10.7. The second-order valence-electron chi connectivity index (χ2n) is 9.27. The molecule has 0 amide bonds. The van der Waals surface area contributed by atoms with Crippen molar-refractivity contribution in [2.24, 2.45) is 5.92 Å². The number of fused-ring (bicyclic) bond motifs is 4. The van der Waals surface area contributed by atoms with Gasteiger partial charge in [-0.2, -0.15) is 0 Å². The Morgan fingerprint density at radius 1 is 1.30 bits per heavy atom. The highest BCUT2D eigenvalue weighted by Crippen LogP contribution is 2.44. The van der Waals surface area contributed by atoms with Crippen LogP contribution in [0.2, 0.25) is 0 Å². The summed E-state index contributed by atoms with van der Waals surface area (Å²) >= 11 is 0. The Morgan fingerprint density at radius 3 is 2.58 bits per heavy atom. The van der Waals surface area contributed by atoms with Gasteiger partial charge in [0.25, 0.3) is 0 Å². The lowest BCUT2D eigenvalue weighted by atomic mass is 9.85. The molecule has 0 unspecified atom stereocenters. The molecule has 2 heterocycles. The number of phenols is 1. The van der Waals surface area contributed by atoms with Crippen molar-refractivity contribution in [3.63, 3.8) is 0 Å². The topological polar surface area (TPSA) is 152 Å². The van der Waals surface area contributed by atoms with E-state index in [0.29, 0.717) is 22.4 Å². The van der Waals surface area contributed by atoms with Crippen molar-refractivity contribution in [1.82, 2.24) is 0 Å². The van der Waals surface area contributed by atoms with Gasteiger partial charge in [-0.25, -0.2) is 0 Å². The van der Waals surface area contributed by atoms with Gasteiger partial charge in [-0.15, -0.1) is 0 Å². The molecule has 1 aliphatic rings. The number of ether oxygens (including phenoxy) is 1. The van der Waals surface area contributed by atoms with Crippen molar-refractivity contribution in [1.29, 1.82) is 0 Å². The molecule has 3 atom stereocenters. The van der Waals surface area contributed by atoms with Crippen molar-refractivity contribution in [3.05, 3.63) is 57.3 Å². The zero-order chi connectivity index (χ0) is 23.5. The smallest absolute Gasteiger partial charge is 0.204 e. The van der Waals surface area contributed by atoms with Crippen LogP contribution in [-0.4, -0.2) is 44.2 Å². The Labute approximate surface area is 190 Å². The number of benzene rings is 2. The Kier molecular flexibility index (Phi) is 6.34. The lowest BCUT2D eigenvalue weighted by Gasteiger charge is -2.32. The van der Waals surface area contributed by atoms with Crippen LogP contribution in [0, 0.1) is 12.8 Å². The van der Waals surface area contributed by atoms with Gasteiger partial charge >= 0.3 is 0 Å². The average molecular weight is 459 g/mol. The van der Waals surface area contributed by atoms with Gasteiger partial charge in [-0.3, -0.25) is 4.79 Å². The van der Waals surface area contributed by atoms with Crippen LogP contribution in [0.4, 0.5) is 0 Å². The van der Waals surface area contributed by atoms with Gasteiger partial charge in [0.1, 0.15) is 28.1 Å². The molecule has 8 heteroatoms. The quantitative estimate of drug-likeness (QED) is 0.346. The molecule has 0 aliphatic carbocycles. The van der Waals surface area contributed by atoms with Gasteiger partial charge in [0, 0.05) is 17.9 Å². The van der Waals surface area contributed by atoms with Crippen molar-refractivity contribution >= 4 is 21.9 Å². The zero-order valence-electron chi connectivity index (χ0n) is 19.1. The van der Waals surface area contributed by atoms with Gasteiger partial charge in [0.2, 0.25) is 5.43 Å². The maximum atomic E-state index is 13.6. The molecule has 0 saturated heterocycles. The molecule has 8 nitrogen and oxygen atoms in total. The summed E-state index contributed by atoms with van der Waals surface area (Å²) in [6, 6.07) is 4.59. The summed E-state index contributed by atoms with van der Waals surface area (Å²) in [5, 5.41) is 42.2. The highest BCUT2D eigenvalue weighted by molar-refractivity contribution is 5.97. The number of aliphatic hydroxyl groups is 3. The lowest BCUT2D eigenvalue weighted by molar-refractivity contribution is -0.0468. The Hall–Kier alpha value is -2.91. The summed E-state index contributed by atoms with van der Waals surface area (Å²) in [5.41, 5.74) is 0.743. The first-order valence-electron chi connectivity index (χ1n) is 10.5. The number of phenolic OH excluding ortho intramolecular Hbond substituents is 1. The maximum absolute atomic E-state index is 13.6. The zero-order valence-corrected chi connectivity index (χ0v) is 19.1. The van der Waals surface area contributed by atoms with E-state index in [1.165, 1.54) is 19.9 Å². The van der Waals surface area contributed by atoms with Crippen molar-refractivity contribution in [3.8, 4) is 11.5 Å². The first-order chi connectivity index (χ1) is 14.9. The molecule has 2 aromatic carbocycles. The largest absolute Gasteiger partial charge is 0.507 e. The second kappa shape index (κ2) is 8.46. The van der Waals surface area contributed by atoms with Gasteiger partial charge < -0.3 is 35.1 Å². The predicted molar refractivity (Wildman–Crippen MR) is 125 cm³/mol. The number of aryl methyl sites for hydroxylation is 1. The van der Waals surface area contributed by atoms with Crippen LogP contribution in [0.1, 0.15) is 43.6 Å². The summed E-state index contributed by atoms with van der Waals surface area (Å²) in [5.74, 6) is -0.221. The standard InChI is InChI=1S/C25H28O7.H2O/c1-11(2)14-10-31-23-12(3)8-16-19(20(23)21(14)28)22(29)18-15(26)7-6-13(24(18)32-16)9-17(27)25(4,5)30;/h6-8,14,17,21,26-28,30H,1,9-10H2,2-5H3;1H2/t14-,17+,21-;/m1./s1. The molecule has 3 aromatic rings. The van der Waals surface area contributed by atoms with Gasteiger partial charge in [-0.1, -0.05) is 18.2 Å². The van der Waals surface area contributed by atoms with E-state index in [1.807, 2.05) is 0 Å². The SMILES string of the molecule is C=C(C)[C@H]1COc2c(C)cc3oc4c(C[C@H](O)C(C)(C)O)ccc(O)c4c(=O)c3c2[C@@H]1O.O. The first kappa shape index (κ1) is 24.7. The van der Waals surface area contributed by atoms with Crippen LogP contribution < -0.4 is 10.2 Å². The number of aromatic hydroxyl groups is 1. The summed E-state index contributed by atoms with van der Waals surface area (Å²) in [4.78, 5) is 13.6. The van der Waals surface area contributed by atoms with Crippen LogP contribution in [0.3, 0.4) is 0 Å². The Morgan fingerprint density at radius 2 is 1.97 bits per heavy atom. The predicted octanol–water partition coefficient (Wildman–Crippen LogP) is 2.43. The third-order valence-corrected chi connectivity index (χ3v) is 6.30. The van der Waals surface area contributed by atoms with E-state index < -0.39 is 23.2 Å². The van der Waals surface area contributed by atoms with Crippen LogP contribution in [0.15, 0.2) is 39.6 Å². The van der Waals surface area contributed by atoms with E-state index in [4.69, 9.17) is 9.15 Å². The van der Waals surface area contributed by atoms with Gasteiger partial charge in [0.15, 0.2) is 0 Å². The molecule has 6 N–H and O–H groups in total. The van der Waals surface area contributed by atoms with Crippen molar-refractivity contribution in [2.75, 3.05) is 6.61 Å². The van der Waals surface area contributed by atoms with E-state index >= 15 is 0 Å². The third-order valence-electron chi connectivity index (χ3n) is 6.30. The van der Waals surface area contributed by atoms with Crippen LogP contribution in [0.25, 0.3) is 21.9 Å². The summed E-state index contributed by atoms with van der Waals surface area (Å²) < 4.78 is 12.0. The van der Waals surface area contributed by atoms with Gasteiger partial charge in [-0.05, 0) is 51.0 Å². The van der Waals surface area contributed by atoms with E-state index in [2.05, 4.69) is 6.58 Å². The second-order valence-corrected chi connectivity index (χ2v) is 9.27. The Balaban J connectivity index is 0.00000306.